The quantitative estimate of drug-likeness (QED) is 0.375. The molecule has 0 unspecified atom stereocenters. The molecule has 0 radical (unpaired) electrons. The van der Waals surface area contributed by atoms with Crippen molar-refractivity contribution >= 4 is 52.1 Å². The summed E-state index contributed by atoms with van der Waals surface area (Å²) in [4.78, 5) is 41.7. The van der Waals surface area contributed by atoms with E-state index in [2.05, 4.69) is 15.6 Å². The number of ether oxygens (including phenoxy) is 3. The van der Waals surface area contributed by atoms with Crippen molar-refractivity contribution in [3.8, 4) is 11.5 Å². The number of hydrogen-bond donors (Lipinski definition) is 2. The van der Waals surface area contributed by atoms with Crippen molar-refractivity contribution < 1.29 is 28.6 Å². The average molecular weight is 476 g/mol. The Morgan fingerprint density at radius 3 is 2.44 bits per heavy atom. The first-order valence-corrected chi connectivity index (χ1v) is 10.4. The number of anilines is 2. The lowest BCUT2D eigenvalue weighted by Crippen LogP contribution is -2.22. The van der Waals surface area contributed by atoms with Crippen LogP contribution in [0.4, 0.5) is 11.4 Å². The molecule has 9 nitrogen and oxygen atoms in total. The molecule has 166 valence electrons. The highest BCUT2D eigenvalue weighted by atomic mass is 35.5. The summed E-state index contributed by atoms with van der Waals surface area (Å²) < 4.78 is 15.6. The van der Waals surface area contributed by atoms with Crippen LogP contribution in [0.2, 0.25) is 5.15 Å². The minimum atomic E-state index is -0.847. The Morgan fingerprint density at radius 1 is 1.03 bits per heavy atom. The number of amides is 2. The Kier molecular flexibility index (Phi) is 7.63. The Hall–Kier alpha value is -3.63. The van der Waals surface area contributed by atoms with Gasteiger partial charge in [-0.2, -0.15) is 0 Å². The SMILES string of the molecule is COc1cc(NC(=O)c2cccs2)c(C(=O)OCC(=O)Nc2cccnc2Cl)cc1OC. The van der Waals surface area contributed by atoms with E-state index in [-0.39, 0.29) is 27.8 Å². The molecule has 32 heavy (non-hydrogen) atoms. The molecule has 0 aliphatic carbocycles. The third-order valence-electron chi connectivity index (χ3n) is 4.10. The standard InChI is InChI=1S/C21H18ClN3O6S/c1-29-15-9-12(14(10-16(15)30-2)25-20(27)17-6-4-8-32-17)21(28)31-11-18(26)24-13-5-3-7-23-19(13)22/h3-10H,11H2,1-2H3,(H,24,26)(H,25,27). The van der Waals surface area contributed by atoms with Gasteiger partial charge in [0.25, 0.3) is 11.8 Å². The molecule has 0 aliphatic rings. The molecular formula is C21H18ClN3O6S. The molecule has 0 saturated carbocycles. The molecule has 3 aromatic rings. The van der Waals surface area contributed by atoms with E-state index < -0.39 is 24.4 Å². The van der Waals surface area contributed by atoms with Crippen molar-refractivity contribution in [2.45, 2.75) is 0 Å². The van der Waals surface area contributed by atoms with Gasteiger partial charge in [-0.3, -0.25) is 9.59 Å². The highest BCUT2D eigenvalue weighted by Gasteiger charge is 2.21. The van der Waals surface area contributed by atoms with Crippen LogP contribution in [0, 0.1) is 0 Å². The van der Waals surface area contributed by atoms with Crippen LogP contribution >= 0.6 is 22.9 Å². The third kappa shape index (κ3) is 5.54. The summed E-state index contributed by atoms with van der Waals surface area (Å²) in [7, 11) is 2.83. The normalized spacial score (nSPS) is 10.2. The van der Waals surface area contributed by atoms with Gasteiger partial charge in [-0.1, -0.05) is 17.7 Å². The van der Waals surface area contributed by atoms with E-state index in [1.54, 1.807) is 29.6 Å². The molecule has 0 atom stereocenters. The predicted molar refractivity (Wildman–Crippen MR) is 120 cm³/mol. The second-order valence-corrected chi connectivity index (χ2v) is 7.46. The van der Waals surface area contributed by atoms with Crippen molar-refractivity contribution in [2.75, 3.05) is 31.5 Å². The van der Waals surface area contributed by atoms with E-state index in [9.17, 15) is 14.4 Å². The topological polar surface area (TPSA) is 116 Å². The number of nitrogens with one attached hydrogen (secondary N) is 2. The number of rotatable bonds is 8. The van der Waals surface area contributed by atoms with Gasteiger partial charge in [0.15, 0.2) is 23.3 Å². The Balaban J connectivity index is 1.78. The van der Waals surface area contributed by atoms with E-state index in [4.69, 9.17) is 25.8 Å². The first-order chi connectivity index (χ1) is 15.4. The fourth-order valence-corrected chi connectivity index (χ4v) is 3.40. The largest absolute Gasteiger partial charge is 0.493 e. The summed E-state index contributed by atoms with van der Waals surface area (Å²) in [6.07, 6.45) is 1.47. The first-order valence-electron chi connectivity index (χ1n) is 9.11. The lowest BCUT2D eigenvalue weighted by molar-refractivity contribution is -0.119. The summed E-state index contributed by atoms with van der Waals surface area (Å²) in [5.41, 5.74) is 0.409. The van der Waals surface area contributed by atoms with Crippen LogP contribution in [-0.4, -0.2) is 43.6 Å². The van der Waals surface area contributed by atoms with Crippen molar-refractivity contribution in [1.82, 2.24) is 4.98 Å². The van der Waals surface area contributed by atoms with Crippen LogP contribution in [0.15, 0.2) is 48.0 Å². The van der Waals surface area contributed by atoms with Crippen LogP contribution in [-0.2, 0) is 9.53 Å². The van der Waals surface area contributed by atoms with Crippen molar-refractivity contribution in [1.29, 1.82) is 0 Å². The number of pyridine rings is 1. The zero-order valence-corrected chi connectivity index (χ0v) is 18.6. The molecule has 3 rings (SSSR count). The Labute approximate surface area is 192 Å². The maximum Gasteiger partial charge on any atom is 0.340 e. The van der Waals surface area contributed by atoms with Gasteiger partial charge < -0.3 is 24.8 Å². The number of methoxy groups -OCH3 is 2. The molecule has 0 bridgehead atoms. The fraction of sp³-hybridized carbons (Fsp3) is 0.143. The van der Waals surface area contributed by atoms with Gasteiger partial charge in [0.05, 0.1) is 36.0 Å². The van der Waals surface area contributed by atoms with Crippen molar-refractivity contribution in [3.05, 3.63) is 63.6 Å². The fourth-order valence-electron chi connectivity index (χ4n) is 2.62. The molecule has 0 saturated heterocycles. The van der Waals surface area contributed by atoms with Gasteiger partial charge in [0, 0.05) is 18.3 Å². The van der Waals surface area contributed by atoms with E-state index in [1.807, 2.05) is 0 Å². The van der Waals surface area contributed by atoms with Crippen LogP contribution in [0.3, 0.4) is 0 Å². The smallest absolute Gasteiger partial charge is 0.340 e. The number of benzene rings is 1. The Bertz CT molecular complexity index is 1140. The lowest BCUT2D eigenvalue weighted by atomic mass is 10.1. The van der Waals surface area contributed by atoms with Gasteiger partial charge in [-0.05, 0) is 23.6 Å². The maximum atomic E-state index is 12.7. The summed E-state index contributed by atoms with van der Waals surface area (Å²) >= 11 is 7.15. The molecule has 2 amide bonds. The molecule has 0 spiro atoms. The molecule has 0 aliphatic heterocycles. The number of aromatic nitrogens is 1. The summed E-state index contributed by atoms with van der Waals surface area (Å²) in [6, 6.07) is 9.34. The minimum Gasteiger partial charge on any atom is -0.493 e. The molecule has 2 heterocycles. The van der Waals surface area contributed by atoms with Gasteiger partial charge in [0.2, 0.25) is 0 Å². The Morgan fingerprint density at radius 2 is 1.78 bits per heavy atom. The first kappa shape index (κ1) is 23.0. The van der Waals surface area contributed by atoms with Gasteiger partial charge >= 0.3 is 5.97 Å². The summed E-state index contributed by atoms with van der Waals surface area (Å²) in [5, 5.41) is 7.02. The summed E-state index contributed by atoms with van der Waals surface area (Å²) in [6.45, 7) is -0.587. The van der Waals surface area contributed by atoms with Gasteiger partial charge in [-0.15, -0.1) is 11.3 Å². The zero-order chi connectivity index (χ0) is 23.1. The van der Waals surface area contributed by atoms with E-state index in [1.165, 1.54) is 43.9 Å². The van der Waals surface area contributed by atoms with Crippen LogP contribution < -0.4 is 20.1 Å². The second-order valence-electron chi connectivity index (χ2n) is 6.15. The minimum absolute atomic E-state index is 0.0141. The van der Waals surface area contributed by atoms with E-state index in [0.717, 1.165) is 0 Å². The van der Waals surface area contributed by atoms with E-state index in [0.29, 0.717) is 10.6 Å². The monoisotopic (exact) mass is 475 g/mol. The predicted octanol–water partition coefficient (Wildman–Crippen LogP) is 3.86. The van der Waals surface area contributed by atoms with Crippen molar-refractivity contribution in [2.24, 2.45) is 0 Å². The highest BCUT2D eigenvalue weighted by Crippen LogP contribution is 2.34. The number of hydrogen-bond acceptors (Lipinski definition) is 8. The highest BCUT2D eigenvalue weighted by molar-refractivity contribution is 7.12. The number of nitrogens with zero attached hydrogens (tertiary/aromatic N) is 1. The lowest BCUT2D eigenvalue weighted by Gasteiger charge is -2.15. The maximum absolute atomic E-state index is 12.7. The molecule has 2 N–H and O–H groups in total. The van der Waals surface area contributed by atoms with Crippen LogP contribution in [0.5, 0.6) is 11.5 Å². The molecule has 0 fully saturated rings. The van der Waals surface area contributed by atoms with Gasteiger partial charge in [-0.25, -0.2) is 9.78 Å². The number of carbonyl (C=O) groups is 3. The summed E-state index contributed by atoms with van der Waals surface area (Å²) in [5.74, 6) is -1.32. The van der Waals surface area contributed by atoms with E-state index >= 15 is 0 Å². The zero-order valence-electron chi connectivity index (χ0n) is 17.0. The molecule has 1 aromatic carbocycles. The number of halogens is 1. The second kappa shape index (κ2) is 10.6. The third-order valence-corrected chi connectivity index (χ3v) is 5.27. The van der Waals surface area contributed by atoms with Gasteiger partial charge in [0.1, 0.15) is 0 Å². The van der Waals surface area contributed by atoms with Crippen LogP contribution in [0.25, 0.3) is 0 Å². The number of carbonyl (C=O) groups excluding carboxylic acids is 3. The van der Waals surface area contributed by atoms with Crippen molar-refractivity contribution in [3.63, 3.8) is 0 Å². The molecule has 2 aromatic heterocycles. The molecule has 11 heteroatoms. The van der Waals surface area contributed by atoms with Crippen LogP contribution in [0.1, 0.15) is 20.0 Å². The molecular weight excluding hydrogens is 458 g/mol. The average Bonchev–Trinajstić information content (AvgIpc) is 3.34. The number of esters is 1. The number of thiophene rings is 1.